The maximum absolute atomic E-state index is 6.23. The Balaban J connectivity index is 1.59. The Kier molecular flexibility index (Phi) is 3.38. The zero-order chi connectivity index (χ0) is 19.4. The highest BCUT2D eigenvalue weighted by Crippen LogP contribution is 2.46. The summed E-state index contributed by atoms with van der Waals surface area (Å²) in [4.78, 5) is 13.7. The molecule has 29 heavy (non-hydrogen) atoms. The largest absolute Gasteiger partial charge is 0.435 e. The van der Waals surface area contributed by atoms with Crippen molar-refractivity contribution in [3.63, 3.8) is 0 Å². The third-order valence-electron chi connectivity index (χ3n) is 5.53. The summed E-state index contributed by atoms with van der Waals surface area (Å²) >= 11 is 0. The standard InChI is InChI=1S/C24H18N4O/c1-16-11-12-18-19-9-5-14-26-24(19)29-22(18)21(16)28-15-27(17-7-3-2-4-8-17)20-10-6-13-25-23(20)28/h2-14H,15H2,1H3. The van der Waals surface area contributed by atoms with Crippen LogP contribution in [0.25, 0.3) is 22.1 Å². The Hall–Kier alpha value is -3.86. The Morgan fingerprint density at radius 3 is 2.52 bits per heavy atom. The van der Waals surface area contributed by atoms with Gasteiger partial charge in [0.1, 0.15) is 6.67 Å². The lowest BCUT2D eigenvalue weighted by molar-refractivity contribution is 0.653. The van der Waals surface area contributed by atoms with Crippen molar-refractivity contribution in [2.45, 2.75) is 6.92 Å². The van der Waals surface area contributed by atoms with Crippen molar-refractivity contribution < 1.29 is 4.42 Å². The van der Waals surface area contributed by atoms with E-state index in [1.54, 1.807) is 6.20 Å². The van der Waals surface area contributed by atoms with Crippen LogP contribution in [-0.4, -0.2) is 16.6 Å². The van der Waals surface area contributed by atoms with Gasteiger partial charge in [-0.05, 0) is 48.9 Å². The summed E-state index contributed by atoms with van der Waals surface area (Å²) in [6, 6.07) is 22.8. The van der Waals surface area contributed by atoms with E-state index in [9.17, 15) is 0 Å². The number of hydrogen-bond acceptors (Lipinski definition) is 5. The van der Waals surface area contributed by atoms with Crippen molar-refractivity contribution in [2.75, 3.05) is 16.5 Å². The maximum atomic E-state index is 6.23. The van der Waals surface area contributed by atoms with Gasteiger partial charge in [-0.2, -0.15) is 0 Å². The number of nitrogens with zero attached hydrogens (tertiary/aromatic N) is 4. The first-order valence-corrected chi connectivity index (χ1v) is 9.63. The SMILES string of the molecule is Cc1ccc2c(oc3ncccc32)c1N1CN(c2ccccc2)c2cccnc21. The molecule has 1 aliphatic heterocycles. The first kappa shape index (κ1) is 16.1. The van der Waals surface area contributed by atoms with E-state index in [-0.39, 0.29) is 0 Å². The van der Waals surface area contributed by atoms with Crippen LogP contribution in [0.3, 0.4) is 0 Å². The third-order valence-corrected chi connectivity index (χ3v) is 5.53. The van der Waals surface area contributed by atoms with Crippen LogP contribution < -0.4 is 9.80 Å². The first-order valence-electron chi connectivity index (χ1n) is 9.63. The van der Waals surface area contributed by atoms with Crippen LogP contribution in [0.1, 0.15) is 5.56 Å². The number of pyridine rings is 2. The van der Waals surface area contributed by atoms with Gasteiger partial charge in [0.25, 0.3) is 0 Å². The Morgan fingerprint density at radius 2 is 1.62 bits per heavy atom. The zero-order valence-electron chi connectivity index (χ0n) is 15.9. The third kappa shape index (κ3) is 2.34. The minimum Gasteiger partial charge on any atom is -0.435 e. The summed E-state index contributed by atoms with van der Waals surface area (Å²) in [5.41, 5.74) is 5.92. The summed E-state index contributed by atoms with van der Waals surface area (Å²) in [6.45, 7) is 2.78. The number of aryl methyl sites for hydroxylation is 1. The molecule has 0 amide bonds. The van der Waals surface area contributed by atoms with Crippen molar-refractivity contribution in [2.24, 2.45) is 0 Å². The zero-order valence-corrected chi connectivity index (χ0v) is 15.9. The minimum absolute atomic E-state index is 0.662. The highest BCUT2D eigenvalue weighted by molar-refractivity contribution is 6.09. The van der Waals surface area contributed by atoms with Gasteiger partial charge in [-0.1, -0.05) is 30.3 Å². The van der Waals surface area contributed by atoms with Crippen molar-refractivity contribution in [3.8, 4) is 0 Å². The van der Waals surface area contributed by atoms with Gasteiger partial charge in [-0.25, -0.2) is 9.97 Å². The molecule has 5 nitrogen and oxygen atoms in total. The number of fused-ring (bicyclic) bond motifs is 4. The van der Waals surface area contributed by atoms with Gasteiger partial charge in [0.15, 0.2) is 11.4 Å². The second-order valence-electron chi connectivity index (χ2n) is 7.25. The van der Waals surface area contributed by atoms with Gasteiger partial charge in [0.05, 0.1) is 11.4 Å². The summed E-state index contributed by atoms with van der Waals surface area (Å²) in [7, 11) is 0. The number of hydrogen-bond donors (Lipinski definition) is 0. The van der Waals surface area contributed by atoms with Crippen LogP contribution in [0.15, 0.2) is 83.5 Å². The fraction of sp³-hybridized carbons (Fsp3) is 0.0833. The average molecular weight is 378 g/mol. The van der Waals surface area contributed by atoms with Crippen LogP contribution in [0.5, 0.6) is 0 Å². The fourth-order valence-corrected chi connectivity index (χ4v) is 4.19. The molecule has 0 saturated carbocycles. The number of aromatic nitrogens is 2. The number of benzene rings is 2. The molecule has 0 atom stereocenters. The smallest absolute Gasteiger partial charge is 0.227 e. The Labute approximate surface area is 167 Å². The van der Waals surface area contributed by atoms with Crippen LogP contribution in [-0.2, 0) is 0 Å². The molecule has 3 aromatic heterocycles. The lowest BCUT2D eigenvalue weighted by atomic mass is 10.1. The number of anilines is 4. The first-order chi connectivity index (χ1) is 14.3. The molecule has 0 spiro atoms. The molecule has 0 fully saturated rings. The lowest BCUT2D eigenvalue weighted by Crippen LogP contribution is -2.24. The quantitative estimate of drug-likeness (QED) is 0.381. The molecular weight excluding hydrogens is 360 g/mol. The van der Waals surface area contributed by atoms with Crippen molar-refractivity contribution in [1.29, 1.82) is 0 Å². The summed E-state index contributed by atoms with van der Waals surface area (Å²) in [6.07, 6.45) is 3.61. The van der Waals surface area contributed by atoms with Crippen LogP contribution >= 0.6 is 0 Å². The van der Waals surface area contributed by atoms with E-state index in [0.29, 0.717) is 12.4 Å². The van der Waals surface area contributed by atoms with Crippen molar-refractivity contribution in [1.82, 2.24) is 9.97 Å². The van der Waals surface area contributed by atoms with Gasteiger partial charge >= 0.3 is 0 Å². The summed E-state index contributed by atoms with van der Waals surface area (Å²) < 4.78 is 6.23. The molecular formula is C24H18N4O. The van der Waals surface area contributed by atoms with Crippen molar-refractivity contribution >= 4 is 44.9 Å². The fourth-order valence-electron chi connectivity index (χ4n) is 4.19. The van der Waals surface area contributed by atoms with E-state index in [1.165, 1.54) is 0 Å². The minimum atomic E-state index is 0.662. The van der Waals surface area contributed by atoms with Crippen LogP contribution in [0, 0.1) is 6.92 Å². The molecule has 2 aromatic carbocycles. The summed E-state index contributed by atoms with van der Waals surface area (Å²) in [5.74, 6) is 0.931. The van der Waals surface area contributed by atoms with E-state index >= 15 is 0 Å². The van der Waals surface area contributed by atoms with Crippen LogP contribution in [0.4, 0.5) is 22.9 Å². The van der Waals surface area contributed by atoms with E-state index < -0.39 is 0 Å². The van der Waals surface area contributed by atoms with Gasteiger partial charge < -0.3 is 14.2 Å². The number of rotatable bonds is 2. The van der Waals surface area contributed by atoms with E-state index in [1.807, 2.05) is 24.4 Å². The average Bonchev–Trinajstić information content (AvgIpc) is 3.33. The second-order valence-corrected chi connectivity index (χ2v) is 7.25. The molecule has 4 heterocycles. The molecule has 0 unspecified atom stereocenters. The lowest BCUT2D eigenvalue weighted by Gasteiger charge is -2.22. The maximum Gasteiger partial charge on any atom is 0.227 e. The number of furan rings is 1. The van der Waals surface area contributed by atoms with Gasteiger partial charge in [0, 0.05) is 28.9 Å². The normalized spacial score (nSPS) is 13.4. The van der Waals surface area contributed by atoms with Crippen molar-refractivity contribution in [3.05, 3.63) is 84.7 Å². The van der Waals surface area contributed by atoms with E-state index in [4.69, 9.17) is 9.40 Å². The predicted octanol–water partition coefficient (Wildman–Crippen LogP) is 5.93. The van der Waals surface area contributed by atoms with Gasteiger partial charge in [-0.15, -0.1) is 0 Å². The predicted molar refractivity (Wildman–Crippen MR) is 116 cm³/mol. The molecule has 0 saturated heterocycles. The van der Waals surface area contributed by atoms with E-state index in [0.717, 1.165) is 44.8 Å². The number of para-hydroxylation sites is 1. The van der Waals surface area contributed by atoms with E-state index in [2.05, 4.69) is 70.2 Å². The molecule has 0 N–H and O–H groups in total. The second kappa shape index (κ2) is 6.07. The highest BCUT2D eigenvalue weighted by atomic mass is 16.3. The molecule has 5 aromatic rings. The highest BCUT2D eigenvalue weighted by Gasteiger charge is 2.32. The molecule has 1 aliphatic rings. The molecule has 140 valence electrons. The molecule has 5 heteroatoms. The van der Waals surface area contributed by atoms with Crippen LogP contribution in [0.2, 0.25) is 0 Å². The molecule has 0 bridgehead atoms. The Morgan fingerprint density at radius 1 is 0.793 bits per heavy atom. The van der Waals surface area contributed by atoms with Gasteiger partial charge in [-0.3, -0.25) is 0 Å². The topological polar surface area (TPSA) is 45.4 Å². The monoisotopic (exact) mass is 378 g/mol. The summed E-state index contributed by atoms with van der Waals surface area (Å²) in [5, 5.41) is 2.11. The molecule has 0 radical (unpaired) electrons. The Bertz CT molecular complexity index is 1360. The van der Waals surface area contributed by atoms with Gasteiger partial charge in [0.2, 0.25) is 5.71 Å². The molecule has 6 rings (SSSR count). The molecule has 0 aliphatic carbocycles.